The first-order chi connectivity index (χ1) is 11.1. The molecule has 0 bridgehead atoms. The van der Waals surface area contributed by atoms with E-state index in [1.165, 1.54) is 0 Å². The molecule has 1 aromatic carbocycles. The molecule has 4 heteroatoms. The van der Waals surface area contributed by atoms with Crippen LogP contribution in [0.4, 0.5) is 0 Å². The van der Waals surface area contributed by atoms with Crippen LogP contribution < -0.4 is 10.1 Å². The first kappa shape index (κ1) is 15.5. The molecule has 23 heavy (non-hydrogen) atoms. The molecule has 0 saturated heterocycles. The Hall–Kier alpha value is -2.36. The van der Waals surface area contributed by atoms with Gasteiger partial charge in [0.05, 0.1) is 0 Å². The molecule has 0 unspecified atom stereocenters. The molecule has 1 aliphatic rings. The van der Waals surface area contributed by atoms with Gasteiger partial charge in [0.2, 0.25) is 11.8 Å². The van der Waals surface area contributed by atoms with Gasteiger partial charge in [0.25, 0.3) is 0 Å². The highest BCUT2D eigenvalue weighted by molar-refractivity contribution is 5.79. The van der Waals surface area contributed by atoms with Gasteiger partial charge in [0, 0.05) is 24.2 Å². The smallest absolute Gasteiger partial charge is 0.224 e. The molecule has 1 heterocycles. The van der Waals surface area contributed by atoms with Crippen molar-refractivity contribution in [2.45, 2.75) is 39.7 Å². The van der Waals surface area contributed by atoms with Crippen LogP contribution in [0.5, 0.6) is 11.6 Å². The van der Waals surface area contributed by atoms with Crippen LogP contribution >= 0.6 is 0 Å². The predicted octanol–water partition coefficient (Wildman–Crippen LogP) is 3.91. The van der Waals surface area contributed by atoms with Gasteiger partial charge in [0.1, 0.15) is 5.75 Å². The molecular formula is C19H22N2O2. The molecule has 0 aliphatic heterocycles. The Morgan fingerprint density at radius 3 is 2.61 bits per heavy atom. The van der Waals surface area contributed by atoms with Gasteiger partial charge in [-0.25, -0.2) is 4.98 Å². The number of benzene rings is 1. The van der Waals surface area contributed by atoms with E-state index in [0.717, 1.165) is 41.7 Å². The minimum atomic E-state index is 0.137. The van der Waals surface area contributed by atoms with E-state index >= 15 is 0 Å². The lowest BCUT2D eigenvalue weighted by Gasteiger charge is -2.24. The summed E-state index contributed by atoms with van der Waals surface area (Å²) >= 11 is 0. The van der Waals surface area contributed by atoms with Crippen molar-refractivity contribution < 1.29 is 9.53 Å². The number of hydrogen-bond donors (Lipinski definition) is 1. The molecule has 1 aromatic heterocycles. The molecule has 0 atom stereocenters. The predicted molar refractivity (Wildman–Crippen MR) is 89.4 cm³/mol. The number of carbonyl (C=O) groups excluding carboxylic acids is 1. The van der Waals surface area contributed by atoms with E-state index < -0.39 is 0 Å². The zero-order valence-corrected chi connectivity index (χ0v) is 13.6. The Kier molecular flexibility index (Phi) is 4.60. The van der Waals surface area contributed by atoms with Crippen molar-refractivity contribution in [2.24, 2.45) is 5.92 Å². The van der Waals surface area contributed by atoms with Gasteiger partial charge in [0.15, 0.2) is 0 Å². The zero-order valence-electron chi connectivity index (χ0n) is 13.6. The normalized spacial score (nSPS) is 14.2. The molecule has 120 valence electrons. The molecule has 1 fully saturated rings. The molecule has 2 aromatic rings. The minimum Gasteiger partial charge on any atom is -0.438 e. The second-order valence-electron chi connectivity index (χ2n) is 6.14. The first-order valence-electron chi connectivity index (χ1n) is 8.11. The number of aromatic nitrogens is 1. The van der Waals surface area contributed by atoms with Crippen LogP contribution in [-0.2, 0) is 11.3 Å². The summed E-state index contributed by atoms with van der Waals surface area (Å²) in [6.45, 7) is 4.48. The molecule has 0 spiro atoms. The minimum absolute atomic E-state index is 0.137. The maximum atomic E-state index is 12.0. The van der Waals surface area contributed by atoms with Crippen molar-refractivity contribution in [1.29, 1.82) is 0 Å². The third kappa shape index (κ3) is 3.52. The Bertz CT molecular complexity index is 688. The summed E-state index contributed by atoms with van der Waals surface area (Å²) in [4.78, 5) is 16.3. The summed E-state index contributed by atoms with van der Waals surface area (Å²) < 4.78 is 6.04. The Morgan fingerprint density at radius 2 is 1.96 bits per heavy atom. The third-order valence-electron chi connectivity index (χ3n) is 4.39. The van der Waals surface area contributed by atoms with Crippen LogP contribution in [0.1, 0.15) is 36.0 Å². The Labute approximate surface area is 136 Å². The highest BCUT2D eigenvalue weighted by Gasteiger charge is 2.25. The zero-order chi connectivity index (χ0) is 16.2. The number of nitrogens with zero attached hydrogens (tertiary/aromatic N) is 1. The largest absolute Gasteiger partial charge is 0.438 e. The lowest BCUT2D eigenvalue weighted by Crippen LogP contribution is -2.34. The number of hydrogen-bond acceptors (Lipinski definition) is 3. The van der Waals surface area contributed by atoms with E-state index in [4.69, 9.17) is 4.74 Å². The molecular weight excluding hydrogens is 288 g/mol. The quantitative estimate of drug-likeness (QED) is 0.911. The summed E-state index contributed by atoms with van der Waals surface area (Å²) in [7, 11) is 0. The maximum absolute atomic E-state index is 12.0. The standard InChI is InChI=1S/C19H22N2O2/c1-13-6-3-7-14(2)17(13)23-19-16(10-5-11-20-19)12-21-18(22)15-8-4-9-15/h3,5-7,10-11,15H,4,8-9,12H2,1-2H3,(H,21,22). The van der Waals surface area contributed by atoms with Crippen LogP contribution in [0.3, 0.4) is 0 Å². The molecule has 1 amide bonds. The van der Waals surface area contributed by atoms with Gasteiger partial charge in [-0.1, -0.05) is 30.7 Å². The van der Waals surface area contributed by atoms with Crippen molar-refractivity contribution in [1.82, 2.24) is 10.3 Å². The van der Waals surface area contributed by atoms with Crippen molar-refractivity contribution in [2.75, 3.05) is 0 Å². The van der Waals surface area contributed by atoms with E-state index in [1.807, 2.05) is 44.2 Å². The SMILES string of the molecule is Cc1cccc(C)c1Oc1ncccc1CNC(=O)C1CCC1. The number of pyridine rings is 1. The Balaban J connectivity index is 1.74. The fourth-order valence-electron chi connectivity index (χ4n) is 2.70. The summed E-state index contributed by atoms with van der Waals surface area (Å²) in [5.41, 5.74) is 3.03. The number of para-hydroxylation sites is 1. The molecule has 1 N–H and O–H groups in total. The molecule has 1 saturated carbocycles. The Morgan fingerprint density at radius 1 is 1.22 bits per heavy atom. The average Bonchev–Trinajstić information content (AvgIpc) is 2.48. The first-order valence-corrected chi connectivity index (χ1v) is 8.11. The number of amides is 1. The van der Waals surface area contributed by atoms with Gasteiger partial charge in [-0.15, -0.1) is 0 Å². The van der Waals surface area contributed by atoms with E-state index in [0.29, 0.717) is 12.4 Å². The number of nitrogens with one attached hydrogen (secondary N) is 1. The van der Waals surface area contributed by atoms with E-state index in [-0.39, 0.29) is 11.8 Å². The van der Waals surface area contributed by atoms with Crippen LogP contribution in [0.2, 0.25) is 0 Å². The van der Waals surface area contributed by atoms with Crippen LogP contribution in [-0.4, -0.2) is 10.9 Å². The number of aryl methyl sites for hydroxylation is 2. The monoisotopic (exact) mass is 310 g/mol. The van der Waals surface area contributed by atoms with E-state index in [1.54, 1.807) is 6.20 Å². The van der Waals surface area contributed by atoms with Crippen LogP contribution in [0.25, 0.3) is 0 Å². The van der Waals surface area contributed by atoms with Gasteiger partial charge < -0.3 is 10.1 Å². The average molecular weight is 310 g/mol. The van der Waals surface area contributed by atoms with Crippen molar-refractivity contribution in [3.63, 3.8) is 0 Å². The number of ether oxygens (including phenoxy) is 1. The fourth-order valence-corrected chi connectivity index (χ4v) is 2.70. The molecule has 1 aliphatic carbocycles. The third-order valence-corrected chi connectivity index (χ3v) is 4.39. The van der Waals surface area contributed by atoms with Gasteiger partial charge >= 0.3 is 0 Å². The fraction of sp³-hybridized carbons (Fsp3) is 0.368. The van der Waals surface area contributed by atoms with Crippen molar-refractivity contribution >= 4 is 5.91 Å². The summed E-state index contributed by atoms with van der Waals surface area (Å²) in [5.74, 6) is 1.71. The molecule has 4 nitrogen and oxygen atoms in total. The van der Waals surface area contributed by atoms with Gasteiger partial charge in [-0.2, -0.15) is 0 Å². The van der Waals surface area contributed by atoms with Gasteiger partial charge in [-0.3, -0.25) is 4.79 Å². The van der Waals surface area contributed by atoms with Crippen molar-refractivity contribution in [3.05, 3.63) is 53.2 Å². The lowest BCUT2D eigenvalue weighted by molar-refractivity contribution is -0.127. The number of carbonyl (C=O) groups is 1. The van der Waals surface area contributed by atoms with Crippen LogP contribution in [0.15, 0.2) is 36.5 Å². The summed E-state index contributed by atoms with van der Waals surface area (Å²) in [6.07, 6.45) is 4.88. The van der Waals surface area contributed by atoms with Crippen molar-refractivity contribution in [3.8, 4) is 11.6 Å². The maximum Gasteiger partial charge on any atom is 0.224 e. The second-order valence-corrected chi connectivity index (χ2v) is 6.14. The number of rotatable bonds is 5. The lowest BCUT2D eigenvalue weighted by atomic mass is 9.85. The highest BCUT2D eigenvalue weighted by atomic mass is 16.5. The summed E-state index contributed by atoms with van der Waals surface area (Å²) in [6, 6.07) is 9.85. The topological polar surface area (TPSA) is 51.2 Å². The van der Waals surface area contributed by atoms with Gasteiger partial charge in [-0.05, 0) is 43.9 Å². The van der Waals surface area contributed by atoms with E-state index in [2.05, 4.69) is 10.3 Å². The molecule has 3 rings (SSSR count). The molecule has 0 radical (unpaired) electrons. The summed E-state index contributed by atoms with van der Waals surface area (Å²) in [5, 5.41) is 3.00. The second kappa shape index (κ2) is 6.82. The van der Waals surface area contributed by atoms with Crippen LogP contribution in [0, 0.1) is 19.8 Å². The highest BCUT2D eigenvalue weighted by Crippen LogP contribution is 2.30. The van der Waals surface area contributed by atoms with E-state index in [9.17, 15) is 4.79 Å².